The number of halogens is 1. The molecule has 0 amide bonds. The Hall–Kier alpha value is -1.58. The molecular weight excluding hydrogens is 282 g/mol. The van der Waals surface area contributed by atoms with Gasteiger partial charge in [0, 0.05) is 32.0 Å². The number of nitrogens with zero attached hydrogens (tertiary/aromatic N) is 2. The smallest absolute Gasteiger partial charge is 0.0643 e. The van der Waals surface area contributed by atoms with Crippen molar-refractivity contribution in [2.24, 2.45) is 0 Å². The van der Waals surface area contributed by atoms with E-state index in [0.717, 1.165) is 36.9 Å². The number of pyridine rings is 1. The van der Waals surface area contributed by atoms with Crippen LogP contribution in [-0.2, 0) is 13.1 Å². The first-order chi connectivity index (χ1) is 10.3. The minimum Gasteiger partial charge on any atom is -0.366 e. The highest BCUT2D eigenvalue weighted by Gasteiger charge is 2.14. The molecular formula is C17H22ClN3. The van der Waals surface area contributed by atoms with Crippen LogP contribution < -0.4 is 10.2 Å². The van der Waals surface area contributed by atoms with Crippen molar-refractivity contribution in [3.8, 4) is 0 Å². The van der Waals surface area contributed by atoms with Gasteiger partial charge in [-0.1, -0.05) is 30.7 Å². The summed E-state index contributed by atoms with van der Waals surface area (Å²) in [6.45, 7) is 7.79. The van der Waals surface area contributed by atoms with E-state index in [4.69, 9.17) is 11.6 Å². The Balaban J connectivity index is 2.28. The van der Waals surface area contributed by atoms with Gasteiger partial charge in [-0.3, -0.25) is 4.98 Å². The van der Waals surface area contributed by atoms with Crippen molar-refractivity contribution in [1.29, 1.82) is 0 Å². The van der Waals surface area contributed by atoms with E-state index >= 15 is 0 Å². The Morgan fingerprint density at radius 2 is 1.90 bits per heavy atom. The van der Waals surface area contributed by atoms with E-state index in [1.807, 2.05) is 36.7 Å². The maximum Gasteiger partial charge on any atom is 0.0643 e. The highest BCUT2D eigenvalue weighted by Crippen LogP contribution is 2.31. The van der Waals surface area contributed by atoms with Gasteiger partial charge in [-0.25, -0.2) is 0 Å². The van der Waals surface area contributed by atoms with Crippen molar-refractivity contribution in [1.82, 2.24) is 10.3 Å². The molecule has 0 unspecified atom stereocenters. The highest BCUT2D eigenvalue weighted by molar-refractivity contribution is 6.33. The molecule has 1 aromatic heterocycles. The van der Waals surface area contributed by atoms with Gasteiger partial charge in [0.15, 0.2) is 0 Å². The molecule has 0 aliphatic rings. The van der Waals surface area contributed by atoms with E-state index in [-0.39, 0.29) is 0 Å². The summed E-state index contributed by atoms with van der Waals surface area (Å²) in [5.74, 6) is 0. The number of benzene rings is 1. The molecule has 1 aromatic carbocycles. The summed E-state index contributed by atoms with van der Waals surface area (Å²) in [7, 11) is 0. The van der Waals surface area contributed by atoms with Crippen LogP contribution in [0.25, 0.3) is 0 Å². The lowest BCUT2D eigenvalue weighted by Gasteiger charge is -2.27. The third-order valence-corrected chi connectivity index (χ3v) is 3.76. The topological polar surface area (TPSA) is 28.2 Å². The summed E-state index contributed by atoms with van der Waals surface area (Å²) in [5, 5.41) is 4.19. The molecule has 3 nitrogen and oxygen atoms in total. The first-order valence-corrected chi connectivity index (χ1v) is 7.76. The number of rotatable bonds is 7. The van der Waals surface area contributed by atoms with E-state index in [0.29, 0.717) is 0 Å². The first kappa shape index (κ1) is 15.8. The second-order valence-electron chi connectivity index (χ2n) is 4.90. The predicted molar refractivity (Wildman–Crippen MR) is 89.8 cm³/mol. The van der Waals surface area contributed by atoms with Crippen LogP contribution in [0.1, 0.15) is 25.0 Å². The van der Waals surface area contributed by atoms with Crippen molar-refractivity contribution < 1.29 is 0 Å². The standard InChI is InChI=1S/C17H22ClN3/c1-3-19-12-15-6-5-7-16(18)17(15)21(4-2)13-14-8-10-20-11-9-14/h5-11,19H,3-4,12-13H2,1-2H3. The quantitative estimate of drug-likeness (QED) is 0.841. The van der Waals surface area contributed by atoms with Gasteiger partial charge in [0.2, 0.25) is 0 Å². The Morgan fingerprint density at radius 3 is 2.57 bits per heavy atom. The molecule has 0 aliphatic carbocycles. The fourth-order valence-electron chi connectivity index (χ4n) is 2.37. The molecule has 1 heterocycles. The van der Waals surface area contributed by atoms with E-state index in [9.17, 15) is 0 Å². The molecule has 2 aromatic rings. The SMILES string of the molecule is CCNCc1cccc(Cl)c1N(CC)Cc1ccncc1. The fourth-order valence-corrected chi connectivity index (χ4v) is 2.69. The van der Waals surface area contributed by atoms with Gasteiger partial charge in [0.1, 0.15) is 0 Å². The highest BCUT2D eigenvalue weighted by atomic mass is 35.5. The zero-order valence-corrected chi connectivity index (χ0v) is 13.4. The van der Waals surface area contributed by atoms with Crippen LogP contribution in [0.3, 0.4) is 0 Å². The number of hydrogen-bond donors (Lipinski definition) is 1. The molecule has 112 valence electrons. The second kappa shape index (κ2) is 8.01. The lowest BCUT2D eigenvalue weighted by atomic mass is 10.1. The molecule has 0 spiro atoms. The number of nitrogens with one attached hydrogen (secondary N) is 1. The van der Waals surface area contributed by atoms with Gasteiger partial charge in [0.25, 0.3) is 0 Å². The molecule has 0 atom stereocenters. The largest absolute Gasteiger partial charge is 0.366 e. The van der Waals surface area contributed by atoms with Crippen LogP contribution in [0.4, 0.5) is 5.69 Å². The molecule has 0 aliphatic heterocycles. The summed E-state index contributed by atoms with van der Waals surface area (Å²) < 4.78 is 0. The lowest BCUT2D eigenvalue weighted by Crippen LogP contribution is -2.25. The molecule has 1 N–H and O–H groups in total. The Kier molecular flexibility index (Phi) is 6.03. The molecule has 0 bridgehead atoms. The molecule has 2 rings (SSSR count). The predicted octanol–water partition coefficient (Wildman–Crippen LogP) is 3.87. The minimum atomic E-state index is 0.807. The van der Waals surface area contributed by atoms with Crippen molar-refractivity contribution in [2.45, 2.75) is 26.9 Å². The van der Waals surface area contributed by atoms with E-state index in [1.54, 1.807) is 0 Å². The summed E-state index contributed by atoms with van der Waals surface area (Å²) >= 11 is 6.47. The zero-order valence-electron chi connectivity index (χ0n) is 12.6. The van der Waals surface area contributed by atoms with Crippen LogP contribution >= 0.6 is 11.6 Å². The van der Waals surface area contributed by atoms with E-state index in [2.05, 4.69) is 35.1 Å². The fraction of sp³-hybridized carbons (Fsp3) is 0.353. The Morgan fingerprint density at radius 1 is 1.14 bits per heavy atom. The number of hydrogen-bond acceptors (Lipinski definition) is 3. The van der Waals surface area contributed by atoms with Crippen molar-refractivity contribution in [2.75, 3.05) is 18.0 Å². The third-order valence-electron chi connectivity index (χ3n) is 3.46. The summed E-state index contributed by atoms with van der Waals surface area (Å²) in [6, 6.07) is 10.2. The maximum absolute atomic E-state index is 6.47. The summed E-state index contributed by atoms with van der Waals surface area (Å²) in [5.41, 5.74) is 3.60. The van der Waals surface area contributed by atoms with Gasteiger partial charge in [0.05, 0.1) is 10.7 Å². The van der Waals surface area contributed by atoms with Gasteiger partial charge in [-0.05, 0) is 42.8 Å². The van der Waals surface area contributed by atoms with Crippen molar-refractivity contribution >= 4 is 17.3 Å². The van der Waals surface area contributed by atoms with Crippen molar-refractivity contribution in [3.63, 3.8) is 0 Å². The van der Waals surface area contributed by atoms with E-state index in [1.165, 1.54) is 11.1 Å². The first-order valence-electron chi connectivity index (χ1n) is 7.38. The molecule has 0 saturated carbocycles. The van der Waals surface area contributed by atoms with Gasteiger partial charge < -0.3 is 10.2 Å². The van der Waals surface area contributed by atoms with Crippen LogP contribution in [0.5, 0.6) is 0 Å². The number of aromatic nitrogens is 1. The average molecular weight is 304 g/mol. The van der Waals surface area contributed by atoms with Crippen LogP contribution in [0.15, 0.2) is 42.7 Å². The lowest BCUT2D eigenvalue weighted by molar-refractivity contribution is 0.719. The number of anilines is 1. The Labute approximate surface area is 132 Å². The molecule has 0 fully saturated rings. The minimum absolute atomic E-state index is 0.807. The molecule has 21 heavy (non-hydrogen) atoms. The number of para-hydroxylation sites is 1. The molecule has 0 radical (unpaired) electrons. The third kappa shape index (κ3) is 4.19. The monoisotopic (exact) mass is 303 g/mol. The zero-order chi connectivity index (χ0) is 15.1. The van der Waals surface area contributed by atoms with Crippen LogP contribution in [0.2, 0.25) is 5.02 Å². The Bertz CT molecular complexity index is 557. The van der Waals surface area contributed by atoms with Crippen LogP contribution in [0, 0.1) is 0 Å². The second-order valence-corrected chi connectivity index (χ2v) is 5.30. The molecule has 0 saturated heterocycles. The van der Waals surface area contributed by atoms with Crippen molar-refractivity contribution in [3.05, 3.63) is 58.9 Å². The molecule has 4 heteroatoms. The summed E-state index contributed by atoms with van der Waals surface area (Å²) in [4.78, 5) is 6.38. The average Bonchev–Trinajstić information content (AvgIpc) is 2.52. The van der Waals surface area contributed by atoms with Gasteiger partial charge in [-0.2, -0.15) is 0 Å². The maximum atomic E-state index is 6.47. The normalized spacial score (nSPS) is 10.6. The van der Waals surface area contributed by atoms with Crippen LogP contribution in [-0.4, -0.2) is 18.1 Å². The van der Waals surface area contributed by atoms with Gasteiger partial charge in [-0.15, -0.1) is 0 Å². The van der Waals surface area contributed by atoms with E-state index < -0.39 is 0 Å². The van der Waals surface area contributed by atoms with Gasteiger partial charge >= 0.3 is 0 Å². The summed E-state index contributed by atoms with van der Waals surface area (Å²) in [6.07, 6.45) is 3.66.